The first-order valence-electron chi connectivity index (χ1n) is 11.7. The Morgan fingerprint density at radius 1 is 0.839 bits per heavy atom. The van der Waals surface area contributed by atoms with Crippen LogP contribution >= 0.6 is 0 Å². The number of halogens is 3. The highest BCUT2D eigenvalue weighted by atomic mass is 19.4. The number of rotatable bonds is 7. The molecule has 0 nitrogen and oxygen atoms in total. The normalized spacial score (nSPS) is 18.8. The minimum Gasteiger partial charge on any atom is -0.166 e. The Bertz CT molecular complexity index is 1000. The summed E-state index contributed by atoms with van der Waals surface area (Å²) in [6, 6.07) is 18.8. The van der Waals surface area contributed by atoms with Gasteiger partial charge in [0.1, 0.15) is 0 Å². The molecule has 0 radical (unpaired) electrons. The SMILES string of the molecule is CCCCCCC[C@@H]1CCc2c(ccc3ccccc23)[C@H]1c1ccc(C(F)(F)F)cc1. The molecule has 164 valence electrons. The zero-order valence-corrected chi connectivity index (χ0v) is 18.2. The Kier molecular flexibility index (Phi) is 6.69. The molecule has 0 aromatic heterocycles. The molecule has 1 aliphatic carbocycles. The van der Waals surface area contributed by atoms with Crippen molar-refractivity contribution in [2.45, 2.75) is 70.4 Å². The number of fused-ring (bicyclic) bond motifs is 3. The monoisotopic (exact) mass is 424 g/mol. The van der Waals surface area contributed by atoms with Gasteiger partial charge in [-0.3, -0.25) is 0 Å². The van der Waals surface area contributed by atoms with E-state index in [9.17, 15) is 13.2 Å². The molecule has 31 heavy (non-hydrogen) atoms. The van der Waals surface area contributed by atoms with Crippen molar-refractivity contribution in [3.05, 3.63) is 82.9 Å². The van der Waals surface area contributed by atoms with E-state index in [1.54, 1.807) is 12.1 Å². The van der Waals surface area contributed by atoms with Crippen LogP contribution in [-0.4, -0.2) is 0 Å². The van der Waals surface area contributed by atoms with Gasteiger partial charge in [-0.25, -0.2) is 0 Å². The first kappa shape index (κ1) is 21.9. The van der Waals surface area contributed by atoms with Crippen molar-refractivity contribution in [2.24, 2.45) is 5.92 Å². The second kappa shape index (κ2) is 9.46. The van der Waals surface area contributed by atoms with Crippen LogP contribution in [0.4, 0.5) is 13.2 Å². The topological polar surface area (TPSA) is 0 Å². The van der Waals surface area contributed by atoms with E-state index in [0.29, 0.717) is 5.92 Å². The lowest BCUT2D eigenvalue weighted by molar-refractivity contribution is -0.137. The number of hydrogen-bond donors (Lipinski definition) is 0. The number of hydrogen-bond acceptors (Lipinski definition) is 0. The van der Waals surface area contributed by atoms with E-state index in [2.05, 4.69) is 43.3 Å². The largest absolute Gasteiger partial charge is 0.416 e. The number of aryl methyl sites for hydroxylation is 1. The highest BCUT2D eigenvalue weighted by molar-refractivity contribution is 5.87. The number of alkyl halides is 3. The highest BCUT2D eigenvalue weighted by Crippen LogP contribution is 2.45. The van der Waals surface area contributed by atoms with Crippen LogP contribution in [-0.2, 0) is 12.6 Å². The maximum Gasteiger partial charge on any atom is 0.416 e. The maximum absolute atomic E-state index is 13.1. The van der Waals surface area contributed by atoms with E-state index in [1.807, 2.05) is 0 Å². The summed E-state index contributed by atoms with van der Waals surface area (Å²) < 4.78 is 39.4. The molecule has 3 aromatic rings. The molecule has 1 aliphatic rings. The summed E-state index contributed by atoms with van der Waals surface area (Å²) in [6.45, 7) is 2.23. The van der Waals surface area contributed by atoms with Crippen molar-refractivity contribution in [1.82, 2.24) is 0 Å². The summed E-state index contributed by atoms with van der Waals surface area (Å²) in [6.07, 6.45) is 5.22. The van der Waals surface area contributed by atoms with Gasteiger partial charge in [0.05, 0.1) is 5.56 Å². The summed E-state index contributed by atoms with van der Waals surface area (Å²) in [5.74, 6) is 0.647. The van der Waals surface area contributed by atoms with Crippen molar-refractivity contribution in [3.63, 3.8) is 0 Å². The van der Waals surface area contributed by atoms with Gasteiger partial charge in [-0.05, 0) is 64.8 Å². The minimum absolute atomic E-state index is 0.168. The molecule has 0 unspecified atom stereocenters. The van der Waals surface area contributed by atoms with E-state index < -0.39 is 11.7 Å². The maximum atomic E-state index is 13.1. The fraction of sp³-hybridized carbons (Fsp3) is 0.429. The molecule has 3 aromatic carbocycles. The van der Waals surface area contributed by atoms with Gasteiger partial charge >= 0.3 is 6.18 Å². The van der Waals surface area contributed by atoms with E-state index in [0.717, 1.165) is 24.8 Å². The second-order valence-electron chi connectivity index (χ2n) is 8.95. The zero-order chi connectivity index (χ0) is 21.8. The Morgan fingerprint density at radius 2 is 1.58 bits per heavy atom. The molecule has 0 saturated heterocycles. The molecule has 0 aliphatic heterocycles. The van der Waals surface area contributed by atoms with Crippen molar-refractivity contribution in [1.29, 1.82) is 0 Å². The van der Waals surface area contributed by atoms with Crippen molar-refractivity contribution < 1.29 is 13.2 Å². The Morgan fingerprint density at radius 3 is 2.32 bits per heavy atom. The van der Waals surface area contributed by atoms with Gasteiger partial charge in [-0.2, -0.15) is 13.2 Å². The quantitative estimate of drug-likeness (QED) is 0.332. The predicted octanol–water partition coefficient (Wildman–Crippen LogP) is 8.91. The fourth-order valence-electron chi connectivity index (χ4n) is 5.33. The number of benzene rings is 3. The van der Waals surface area contributed by atoms with Crippen LogP contribution in [0.2, 0.25) is 0 Å². The summed E-state index contributed by atoms with van der Waals surface area (Å²) in [5, 5.41) is 2.53. The van der Waals surface area contributed by atoms with E-state index in [4.69, 9.17) is 0 Å². The third-order valence-electron chi connectivity index (χ3n) is 6.92. The van der Waals surface area contributed by atoms with Crippen LogP contribution in [0.25, 0.3) is 10.8 Å². The predicted molar refractivity (Wildman–Crippen MR) is 122 cm³/mol. The van der Waals surface area contributed by atoms with Gasteiger partial charge in [0.25, 0.3) is 0 Å². The lowest BCUT2D eigenvalue weighted by atomic mass is 9.69. The summed E-state index contributed by atoms with van der Waals surface area (Å²) in [5.41, 5.74) is 3.14. The van der Waals surface area contributed by atoms with Crippen LogP contribution in [0.5, 0.6) is 0 Å². The van der Waals surface area contributed by atoms with Gasteiger partial charge in [-0.15, -0.1) is 0 Å². The summed E-state index contributed by atoms with van der Waals surface area (Å²) in [4.78, 5) is 0. The minimum atomic E-state index is -4.29. The molecule has 0 amide bonds. The molecular weight excluding hydrogens is 393 g/mol. The highest BCUT2D eigenvalue weighted by Gasteiger charge is 2.33. The summed E-state index contributed by atoms with van der Waals surface area (Å²) >= 11 is 0. The zero-order valence-electron chi connectivity index (χ0n) is 18.2. The average molecular weight is 425 g/mol. The lowest BCUT2D eigenvalue weighted by Crippen LogP contribution is -2.22. The summed E-state index contributed by atoms with van der Waals surface area (Å²) in [7, 11) is 0. The van der Waals surface area contributed by atoms with Gasteiger partial charge in [-0.1, -0.05) is 87.6 Å². The Balaban J connectivity index is 1.68. The van der Waals surface area contributed by atoms with Gasteiger partial charge in [0.15, 0.2) is 0 Å². The standard InChI is InChI=1S/C28H31F3/c1-2-3-4-5-6-10-21-15-18-25-24-11-8-7-9-20(24)14-19-26(25)27(21)22-12-16-23(17-13-22)28(29,30)31/h7-9,11-14,16-17,19,21,27H,2-6,10,15,18H2,1H3/t21-,27-/m1/s1. The van der Waals surface area contributed by atoms with E-state index in [-0.39, 0.29) is 5.92 Å². The molecule has 3 heteroatoms. The number of unbranched alkanes of at least 4 members (excludes halogenated alkanes) is 4. The second-order valence-corrected chi connectivity index (χ2v) is 8.95. The first-order valence-corrected chi connectivity index (χ1v) is 11.7. The van der Waals surface area contributed by atoms with Crippen LogP contribution in [0, 0.1) is 5.92 Å². The smallest absolute Gasteiger partial charge is 0.166 e. The lowest BCUT2D eigenvalue weighted by Gasteiger charge is -2.35. The van der Waals surface area contributed by atoms with Crippen molar-refractivity contribution in [3.8, 4) is 0 Å². The van der Waals surface area contributed by atoms with Crippen LogP contribution in [0.15, 0.2) is 60.7 Å². The first-order chi connectivity index (χ1) is 15.0. The van der Waals surface area contributed by atoms with E-state index >= 15 is 0 Å². The fourth-order valence-corrected chi connectivity index (χ4v) is 5.33. The molecule has 0 N–H and O–H groups in total. The van der Waals surface area contributed by atoms with Gasteiger partial charge in [0, 0.05) is 5.92 Å². The molecule has 0 heterocycles. The molecule has 2 atom stereocenters. The van der Waals surface area contributed by atoms with Gasteiger partial charge < -0.3 is 0 Å². The van der Waals surface area contributed by atoms with Gasteiger partial charge in [0.2, 0.25) is 0 Å². The van der Waals surface area contributed by atoms with Crippen LogP contribution in [0.3, 0.4) is 0 Å². The molecule has 0 fully saturated rings. The van der Waals surface area contributed by atoms with Crippen LogP contribution in [0.1, 0.15) is 80.0 Å². The molecular formula is C28H31F3. The van der Waals surface area contributed by atoms with Crippen molar-refractivity contribution >= 4 is 10.8 Å². The molecule has 0 spiro atoms. The van der Waals surface area contributed by atoms with Crippen molar-refractivity contribution in [2.75, 3.05) is 0 Å². The Hall–Kier alpha value is -2.29. The molecule has 4 rings (SSSR count). The third kappa shape index (κ3) is 4.81. The molecule has 0 bridgehead atoms. The Labute approximate surface area is 183 Å². The average Bonchev–Trinajstić information content (AvgIpc) is 2.78. The molecule has 0 saturated carbocycles. The third-order valence-corrected chi connectivity index (χ3v) is 6.92. The van der Waals surface area contributed by atoms with Crippen LogP contribution < -0.4 is 0 Å². The van der Waals surface area contributed by atoms with E-state index in [1.165, 1.54) is 66.1 Å².